The number of amides is 1. The van der Waals surface area contributed by atoms with Gasteiger partial charge in [0.2, 0.25) is 0 Å². The minimum atomic E-state index is 0.0479. The third-order valence-corrected chi connectivity index (χ3v) is 3.93. The summed E-state index contributed by atoms with van der Waals surface area (Å²) in [5, 5.41) is 3.19. The van der Waals surface area contributed by atoms with E-state index < -0.39 is 0 Å². The Kier molecular flexibility index (Phi) is 5.02. The van der Waals surface area contributed by atoms with E-state index in [1.54, 1.807) is 6.07 Å². The molecule has 19 heavy (non-hydrogen) atoms. The summed E-state index contributed by atoms with van der Waals surface area (Å²) in [7, 11) is 1.99. The van der Waals surface area contributed by atoms with E-state index >= 15 is 0 Å². The number of furan rings is 1. The molecule has 0 unspecified atom stereocenters. The van der Waals surface area contributed by atoms with Crippen LogP contribution >= 0.6 is 0 Å². The predicted octanol–water partition coefficient (Wildman–Crippen LogP) is 2.30. The minimum absolute atomic E-state index is 0.0479. The van der Waals surface area contributed by atoms with E-state index in [1.807, 2.05) is 24.9 Å². The van der Waals surface area contributed by atoms with Crippen LogP contribution in [0.1, 0.15) is 42.5 Å². The molecular weight excluding hydrogens is 240 g/mol. The molecule has 2 heterocycles. The molecule has 1 amide bonds. The number of nitrogens with one attached hydrogen (secondary N) is 1. The molecule has 0 spiro atoms. The van der Waals surface area contributed by atoms with Crippen molar-refractivity contribution in [3.63, 3.8) is 0 Å². The highest BCUT2D eigenvalue weighted by atomic mass is 16.4. The zero-order chi connectivity index (χ0) is 13.7. The van der Waals surface area contributed by atoms with Crippen molar-refractivity contribution in [2.24, 2.45) is 5.92 Å². The van der Waals surface area contributed by atoms with Crippen LogP contribution in [-0.2, 0) is 6.42 Å². The quantitative estimate of drug-likeness (QED) is 0.887. The summed E-state index contributed by atoms with van der Waals surface area (Å²) in [6.45, 7) is 4.81. The smallest absolute Gasteiger partial charge is 0.289 e. The van der Waals surface area contributed by atoms with Gasteiger partial charge in [-0.3, -0.25) is 4.79 Å². The molecule has 0 atom stereocenters. The zero-order valence-electron chi connectivity index (χ0n) is 11.9. The van der Waals surface area contributed by atoms with Crippen LogP contribution in [0.25, 0.3) is 0 Å². The normalized spacial score (nSPS) is 16.8. The van der Waals surface area contributed by atoms with Crippen LogP contribution in [0.5, 0.6) is 0 Å². The van der Waals surface area contributed by atoms with E-state index in [1.165, 1.54) is 6.42 Å². The number of nitrogens with zero attached hydrogens (tertiary/aromatic N) is 1. The van der Waals surface area contributed by atoms with Gasteiger partial charge in [-0.1, -0.05) is 6.92 Å². The highest BCUT2D eigenvalue weighted by Gasteiger charge is 2.24. The number of piperidine rings is 1. The lowest BCUT2D eigenvalue weighted by Gasteiger charge is -2.31. The lowest BCUT2D eigenvalue weighted by Crippen LogP contribution is -2.38. The van der Waals surface area contributed by atoms with E-state index in [2.05, 4.69) is 5.32 Å². The average Bonchev–Trinajstić information content (AvgIpc) is 2.94. The second-order valence-electron chi connectivity index (χ2n) is 5.25. The summed E-state index contributed by atoms with van der Waals surface area (Å²) in [4.78, 5) is 14.2. The standard InChI is InChI=1S/C15H24N2O2/c1-3-13-4-5-14(19-13)15(18)17-10-7-12(8-11-17)6-9-16-2/h4-5,12,16H,3,6-11H2,1-2H3. The summed E-state index contributed by atoms with van der Waals surface area (Å²) in [6, 6.07) is 3.70. The Hall–Kier alpha value is -1.29. The lowest BCUT2D eigenvalue weighted by molar-refractivity contribution is 0.0653. The van der Waals surface area contributed by atoms with Crippen LogP contribution in [-0.4, -0.2) is 37.5 Å². The fourth-order valence-corrected chi connectivity index (χ4v) is 2.61. The Morgan fingerprint density at radius 3 is 2.74 bits per heavy atom. The molecule has 4 nitrogen and oxygen atoms in total. The molecule has 1 aliphatic rings. The maximum absolute atomic E-state index is 12.3. The molecule has 0 bridgehead atoms. The molecule has 1 aromatic heterocycles. The van der Waals surface area contributed by atoms with Crippen LogP contribution in [0.4, 0.5) is 0 Å². The third kappa shape index (κ3) is 3.60. The van der Waals surface area contributed by atoms with Crippen molar-refractivity contribution in [3.05, 3.63) is 23.7 Å². The Morgan fingerprint density at radius 2 is 2.16 bits per heavy atom. The number of hydrogen-bond acceptors (Lipinski definition) is 3. The van der Waals surface area contributed by atoms with E-state index in [0.717, 1.165) is 50.6 Å². The number of aryl methyl sites for hydroxylation is 1. The van der Waals surface area contributed by atoms with Crippen LogP contribution in [0.15, 0.2) is 16.5 Å². The van der Waals surface area contributed by atoms with Crippen molar-refractivity contribution in [1.82, 2.24) is 10.2 Å². The Morgan fingerprint density at radius 1 is 1.42 bits per heavy atom. The largest absolute Gasteiger partial charge is 0.456 e. The fourth-order valence-electron chi connectivity index (χ4n) is 2.61. The van der Waals surface area contributed by atoms with Gasteiger partial charge in [-0.25, -0.2) is 0 Å². The molecule has 1 N–H and O–H groups in total. The maximum Gasteiger partial charge on any atom is 0.289 e. The monoisotopic (exact) mass is 264 g/mol. The first kappa shape index (κ1) is 14.1. The molecule has 0 saturated carbocycles. The SMILES string of the molecule is CCc1ccc(C(=O)N2CCC(CCNC)CC2)o1. The Bertz CT molecular complexity index is 406. The van der Waals surface area contributed by atoms with Gasteiger partial charge in [-0.15, -0.1) is 0 Å². The summed E-state index contributed by atoms with van der Waals surface area (Å²) in [6.07, 6.45) is 4.25. The highest BCUT2D eigenvalue weighted by Crippen LogP contribution is 2.22. The Labute approximate surface area is 115 Å². The maximum atomic E-state index is 12.3. The number of likely N-dealkylation sites (tertiary alicyclic amines) is 1. The van der Waals surface area contributed by atoms with E-state index in [-0.39, 0.29) is 5.91 Å². The molecule has 0 aliphatic carbocycles. The van der Waals surface area contributed by atoms with Crippen LogP contribution in [0, 0.1) is 5.92 Å². The van der Waals surface area contributed by atoms with E-state index in [0.29, 0.717) is 5.76 Å². The number of rotatable bonds is 5. The van der Waals surface area contributed by atoms with Gasteiger partial charge in [0, 0.05) is 19.5 Å². The minimum Gasteiger partial charge on any atom is -0.456 e. The van der Waals surface area contributed by atoms with E-state index in [4.69, 9.17) is 4.42 Å². The molecule has 106 valence electrons. The highest BCUT2D eigenvalue weighted by molar-refractivity contribution is 5.91. The van der Waals surface area contributed by atoms with Crippen molar-refractivity contribution >= 4 is 5.91 Å². The van der Waals surface area contributed by atoms with Gasteiger partial charge in [-0.05, 0) is 50.9 Å². The van der Waals surface area contributed by atoms with Gasteiger partial charge in [0.15, 0.2) is 5.76 Å². The third-order valence-electron chi connectivity index (χ3n) is 3.93. The molecule has 1 saturated heterocycles. The first-order valence-electron chi connectivity index (χ1n) is 7.27. The molecular formula is C15H24N2O2. The summed E-state index contributed by atoms with van der Waals surface area (Å²) in [5.41, 5.74) is 0. The number of hydrogen-bond donors (Lipinski definition) is 1. The predicted molar refractivity (Wildman–Crippen MR) is 75.3 cm³/mol. The fraction of sp³-hybridized carbons (Fsp3) is 0.667. The van der Waals surface area contributed by atoms with Crippen molar-refractivity contribution < 1.29 is 9.21 Å². The van der Waals surface area contributed by atoms with Crippen molar-refractivity contribution in [1.29, 1.82) is 0 Å². The van der Waals surface area contributed by atoms with Gasteiger partial charge in [-0.2, -0.15) is 0 Å². The van der Waals surface area contributed by atoms with Crippen LogP contribution in [0.3, 0.4) is 0 Å². The molecule has 1 fully saturated rings. The molecule has 0 aromatic carbocycles. The van der Waals surface area contributed by atoms with Gasteiger partial charge in [0.1, 0.15) is 5.76 Å². The van der Waals surface area contributed by atoms with Gasteiger partial charge in [0.05, 0.1) is 0 Å². The van der Waals surface area contributed by atoms with Gasteiger partial charge < -0.3 is 14.6 Å². The molecule has 4 heteroatoms. The Balaban J connectivity index is 1.85. The molecule has 1 aliphatic heterocycles. The average molecular weight is 264 g/mol. The van der Waals surface area contributed by atoms with Gasteiger partial charge in [0.25, 0.3) is 5.91 Å². The van der Waals surface area contributed by atoms with Crippen molar-refractivity contribution in [2.45, 2.75) is 32.6 Å². The summed E-state index contributed by atoms with van der Waals surface area (Å²) in [5.74, 6) is 2.17. The van der Waals surface area contributed by atoms with Crippen LogP contribution in [0.2, 0.25) is 0 Å². The second-order valence-corrected chi connectivity index (χ2v) is 5.25. The van der Waals surface area contributed by atoms with Crippen LogP contribution < -0.4 is 5.32 Å². The number of carbonyl (C=O) groups excluding carboxylic acids is 1. The molecule has 0 radical (unpaired) electrons. The number of carbonyl (C=O) groups is 1. The molecule has 1 aromatic rings. The zero-order valence-corrected chi connectivity index (χ0v) is 11.9. The topological polar surface area (TPSA) is 45.5 Å². The summed E-state index contributed by atoms with van der Waals surface area (Å²) >= 11 is 0. The van der Waals surface area contributed by atoms with E-state index in [9.17, 15) is 4.79 Å². The molecule has 2 rings (SSSR count). The second kappa shape index (κ2) is 6.75. The lowest BCUT2D eigenvalue weighted by atomic mass is 9.93. The summed E-state index contributed by atoms with van der Waals surface area (Å²) < 4.78 is 5.54. The van der Waals surface area contributed by atoms with Gasteiger partial charge >= 0.3 is 0 Å². The first-order chi connectivity index (χ1) is 9.24. The first-order valence-corrected chi connectivity index (χ1v) is 7.27. The van der Waals surface area contributed by atoms with Crippen molar-refractivity contribution in [3.8, 4) is 0 Å². The van der Waals surface area contributed by atoms with Crippen molar-refractivity contribution in [2.75, 3.05) is 26.7 Å².